The summed E-state index contributed by atoms with van der Waals surface area (Å²) >= 11 is 9.47. The van der Waals surface area contributed by atoms with Crippen LogP contribution in [-0.2, 0) is 11.3 Å². The number of carbonyl (C=O) groups excluding carboxylic acids is 1. The lowest BCUT2D eigenvalue weighted by molar-refractivity contribution is -0.133. The summed E-state index contributed by atoms with van der Waals surface area (Å²) in [6.07, 6.45) is 0.482. The van der Waals surface area contributed by atoms with Gasteiger partial charge in [-0.2, -0.15) is 10.2 Å². The van der Waals surface area contributed by atoms with E-state index in [0.29, 0.717) is 28.6 Å². The molecule has 1 atom stereocenters. The molecule has 2 heterocycles. The molecule has 5 rings (SSSR count). The molecule has 3 aromatic carbocycles. The number of hydrazone groups is 1. The highest BCUT2D eigenvalue weighted by Gasteiger charge is 2.34. The summed E-state index contributed by atoms with van der Waals surface area (Å²) in [4.78, 5) is 26.4. The van der Waals surface area contributed by atoms with Crippen LogP contribution < -0.4 is 15.0 Å². The molecule has 10 heteroatoms. The van der Waals surface area contributed by atoms with Crippen molar-refractivity contribution in [2.24, 2.45) is 5.10 Å². The monoisotopic (exact) mass is 606 g/mol. The number of halogens is 2. The number of benzene rings is 3. The Labute approximate surface area is 238 Å². The van der Waals surface area contributed by atoms with Crippen LogP contribution >= 0.6 is 27.5 Å². The lowest BCUT2D eigenvalue weighted by atomic mass is 9.98. The zero-order valence-electron chi connectivity index (χ0n) is 21.2. The molecule has 0 fully saturated rings. The molecule has 4 aromatic rings. The molecule has 1 amide bonds. The third kappa shape index (κ3) is 5.74. The third-order valence-corrected chi connectivity index (χ3v) is 7.21. The average molecular weight is 608 g/mol. The summed E-state index contributed by atoms with van der Waals surface area (Å²) < 4.78 is 13.0. The number of ether oxygens (including phenoxy) is 2. The molecule has 0 N–H and O–H groups in total. The van der Waals surface area contributed by atoms with E-state index in [-0.39, 0.29) is 18.0 Å². The zero-order chi connectivity index (χ0) is 27.5. The first-order chi connectivity index (χ1) is 18.9. The molecule has 198 valence electrons. The number of rotatable bonds is 7. The molecule has 1 aliphatic rings. The van der Waals surface area contributed by atoms with Gasteiger partial charge in [0, 0.05) is 27.5 Å². The topological polar surface area (TPSA) is 86.0 Å². The maximum absolute atomic E-state index is 13.7. The normalized spacial score (nSPS) is 14.7. The van der Waals surface area contributed by atoms with Gasteiger partial charge < -0.3 is 9.47 Å². The predicted octanol–water partition coefficient (Wildman–Crippen LogP) is 5.72. The number of nitrogens with zero attached hydrogens (tertiary/aromatic N) is 4. The first-order valence-electron chi connectivity index (χ1n) is 12.1. The van der Waals surface area contributed by atoms with Gasteiger partial charge in [-0.15, -0.1) is 0 Å². The molecule has 1 aliphatic heterocycles. The molecule has 0 saturated carbocycles. The molecule has 1 unspecified atom stereocenters. The van der Waals surface area contributed by atoms with Crippen molar-refractivity contribution in [3.63, 3.8) is 0 Å². The average Bonchev–Trinajstić information content (AvgIpc) is 3.40. The van der Waals surface area contributed by atoms with Gasteiger partial charge in [0.25, 0.3) is 11.5 Å². The summed E-state index contributed by atoms with van der Waals surface area (Å²) in [6, 6.07) is 23.0. The van der Waals surface area contributed by atoms with Gasteiger partial charge in [-0.3, -0.25) is 9.59 Å². The molecular weight excluding hydrogens is 584 g/mol. The molecule has 1 aromatic heterocycles. The van der Waals surface area contributed by atoms with Crippen LogP contribution in [0.25, 0.3) is 11.3 Å². The number of hydrogen-bond donors (Lipinski definition) is 0. The second-order valence-corrected chi connectivity index (χ2v) is 10.2. The van der Waals surface area contributed by atoms with Crippen LogP contribution in [0.1, 0.15) is 23.6 Å². The predicted molar refractivity (Wildman–Crippen MR) is 153 cm³/mol. The number of hydrogen-bond acceptors (Lipinski definition) is 6. The van der Waals surface area contributed by atoms with Crippen molar-refractivity contribution in [1.82, 2.24) is 14.8 Å². The summed E-state index contributed by atoms with van der Waals surface area (Å²) in [5.41, 5.74) is 3.42. The number of methoxy groups -OCH3 is 2. The highest BCUT2D eigenvalue weighted by Crippen LogP contribution is 2.37. The maximum atomic E-state index is 13.7. The molecule has 0 saturated heterocycles. The van der Waals surface area contributed by atoms with Gasteiger partial charge in [-0.1, -0.05) is 57.9 Å². The first-order valence-corrected chi connectivity index (χ1v) is 13.2. The van der Waals surface area contributed by atoms with Crippen LogP contribution in [0.4, 0.5) is 0 Å². The zero-order valence-corrected chi connectivity index (χ0v) is 23.5. The van der Waals surface area contributed by atoms with E-state index in [9.17, 15) is 9.59 Å². The van der Waals surface area contributed by atoms with Gasteiger partial charge in [0.2, 0.25) is 0 Å². The number of carbonyl (C=O) groups is 1. The van der Waals surface area contributed by atoms with E-state index in [1.165, 1.54) is 11.1 Å². The summed E-state index contributed by atoms with van der Waals surface area (Å²) in [5.74, 6) is 0.763. The van der Waals surface area contributed by atoms with Crippen molar-refractivity contribution in [3.8, 4) is 22.8 Å². The minimum absolute atomic E-state index is 0.277. The Balaban J connectivity index is 1.49. The summed E-state index contributed by atoms with van der Waals surface area (Å²) in [6.45, 7) is -0.277. The van der Waals surface area contributed by atoms with Crippen LogP contribution in [0.5, 0.6) is 11.5 Å². The lowest BCUT2D eigenvalue weighted by Gasteiger charge is -2.23. The SMILES string of the molecule is COc1ccc(C2CC(c3ccc(Br)cc3)=NN2C(=O)Cn2nc(-c3ccc(Cl)cc3)ccc2=O)cc1OC. The van der Waals surface area contributed by atoms with Crippen molar-refractivity contribution in [2.75, 3.05) is 14.2 Å². The fourth-order valence-corrected chi connectivity index (χ4v) is 4.80. The van der Waals surface area contributed by atoms with Crippen molar-refractivity contribution in [1.29, 1.82) is 0 Å². The molecule has 0 spiro atoms. The van der Waals surface area contributed by atoms with Crippen molar-refractivity contribution in [3.05, 3.63) is 110 Å². The number of aromatic nitrogens is 2. The van der Waals surface area contributed by atoms with Gasteiger partial charge >= 0.3 is 0 Å². The molecule has 8 nitrogen and oxygen atoms in total. The highest BCUT2D eigenvalue weighted by atomic mass is 79.9. The van der Waals surface area contributed by atoms with Crippen LogP contribution in [-0.4, -0.2) is 40.6 Å². The second-order valence-electron chi connectivity index (χ2n) is 8.85. The summed E-state index contributed by atoms with van der Waals surface area (Å²) in [7, 11) is 3.13. The minimum atomic E-state index is -0.411. The Kier molecular flexibility index (Phi) is 7.81. The Morgan fingerprint density at radius 3 is 2.33 bits per heavy atom. The fraction of sp³-hybridized carbons (Fsp3) is 0.172. The molecular formula is C29H24BrClN4O4. The van der Waals surface area contributed by atoms with Crippen LogP contribution in [0.2, 0.25) is 5.02 Å². The fourth-order valence-electron chi connectivity index (χ4n) is 4.41. The first kappa shape index (κ1) is 26.6. The highest BCUT2D eigenvalue weighted by molar-refractivity contribution is 9.10. The third-order valence-electron chi connectivity index (χ3n) is 6.43. The Morgan fingerprint density at radius 1 is 0.949 bits per heavy atom. The Morgan fingerprint density at radius 2 is 1.64 bits per heavy atom. The van der Waals surface area contributed by atoms with E-state index in [0.717, 1.165) is 31.6 Å². The molecule has 0 radical (unpaired) electrons. The van der Waals surface area contributed by atoms with Crippen LogP contribution in [0.15, 0.2) is 93.2 Å². The standard InChI is InChI=1S/C29H24BrClN4O4/c1-38-26-13-7-20(15-27(26)39-2)25-16-24(19-3-8-21(30)9-4-19)33-35(25)29(37)17-34-28(36)14-12-23(32-34)18-5-10-22(31)11-6-18/h3-15,25H,16-17H2,1-2H3. The smallest absolute Gasteiger partial charge is 0.267 e. The van der Waals surface area contributed by atoms with E-state index in [2.05, 4.69) is 21.0 Å². The van der Waals surface area contributed by atoms with Crippen LogP contribution in [0, 0.1) is 0 Å². The van der Waals surface area contributed by atoms with Gasteiger partial charge in [0.15, 0.2) is 11.5 Å². The molecule has 39 heavy (non-hydrogen) atoms. The maximum Gasteiger partial charge on any atom is 0.267 e. The largest absolute Gasteiger partial charge is 0.493 e. The van der Waals surface area contributed by atoms with E-state index >= 15 is 0 Å². The minimum Gasteiger partial charge on any atom is -0.493 e. The second kappa shape index (κ2) is 11.4. The van der Waals surface area contributed by atoms with Gasteiger partial charge in [-0.25, -0.2) is 9.69 Å². The van der Waals surface area contributed by atoms with Crippen molar-refractivity contribution < 1.29 is 14.3 Å². The Bertz CT molecular complexity index is 1600. The van der Waals surface area contributed by atoms with E-state index in [4.69, 9.17) is 26.2 Å². The summed E-state index contributed by atoms with van der Waals surface area (Å²) in [5, 5.41) is 11.2. The Hall–Kier alpha value is -3.95. The van der Waals surface area contributed by atoms with Crippen LogP contribution in [0.3, 0.4) is 0 Å². The van der Waals surface area contributed by atoms with E-state index in [1.807, 2.05) is 48.5 Å². The van der Waals surface area contributed by atoms with E-state index < -0.39 is 6.04 Å². The molecule has 0 bridgehead atoms. The lowest BCUT2D eigenvalue weighted by Crippen LogP contribution is -2.35. The van der Waals surface area contributed by atoms with E-state index in [1.54, 1.807) is 38.5 Å². The van der Waals surface area contributed by atoms with Gasteiger partial charge in [-0.05, 0) is 53.6 Å². The van der Waals surface area contributed by atoms with Crippen molar-refractivity contribution >= 4 is 39.1 Å². The number of amides is 1. The molecule has 0 aliphatic carbocycles. The van der Waals surface area contributed by atoms with Gasteiger partial charge in [0.05, 0.1) is 31.7 Å². The van der Waals surface area contributed by atoms with Gasteiger partial charge in [0.1, 0.15) is 6.54 Å². The quantitative estimate of drug-likeness (QED) is 0.268. The van der Waals surface area contributed by atoms with Crippen molar-refractivity contribution in [2.45, 2.75) is 19.0 Å².